The zero-order chi connectivity index (χ0) is 28.8. The summed E-state index contributed by atoms with van der Waals surface area (Å²) in [6.45, 7) is 4.57. The van der Waals surface area contributed by atoms with Gasteiger partial charge in [0, 0.05) is 0 Å². The van der Waals surface area contributed by atoms with Gasteiger partial charge in [-0.05, 0) is 25.0 Å². The first-order valence-electron chi connectivity index (χ1n) is 15.6. The number of aromatic nitrogens is 1. The molecule has 0 spiro atoms. The monoisotopic (exact) mass is 593 g/mol. The number of carbonyl (C=O) groups is 2. The van der Waals surface area contributed by atoms with Crippen molar-refractivity contribution in [1.82, 2.24) is 4.98 Å². The average molecular weight is 594 g/mol. The van der Waals surface area contributed by atoms with Gasteiger partial charge in [-0.3, -0.25) is 9.59 Å². The van der Waals surface area contributed by atoms with Crippen LogP contribution in [0.25, 0.3) is 10.2 Å². The maximum atomic E-state index is 13.2. The number of benzene rings is 1. The molecule has 0 aliphatic carbocycles. The number of nitrogens with zero attached hydrogens (tertiary/aromatic N) is 1. The van der Waals surface area contributed by atoms with Gasteiger partial charge >= 0.3 is 11.9 Å². The molecule has 2 unspecified atom stereocenters. The molecule has 6 nitrogen and oxygen atoms in total. The van der Waals surface area contributed by atoms with Gasteiger partial charge in [0.05, 0.1) is 30.0 Å². The van der Waals surface area contributed by atoms with Gasteiger partial charge in [-0.25, -0.2) is 4.98 Å². The van der Waals surface area contributed by atoms with E-state index in [-0.39, 0.29) is 0 Å². The van der Waals surface area contributed by atoms with E-state index in [4.69, 9.17) is 9.47 Å². The van der Waals surface area contributed by atoms with Gasteiger partial charge in [0.15, 0.2) is 4.34 Å². The molecule has 0 fully saturated rings. The van der Waals surface area contributed by atoms with Crippen LogP contribution in [-0.4, -0.2) is 47.1 Å². The molecule has 0 aliphatic heterocycles. The van der Waals surface area contributed by atoms with E-state index in [2.05, 4.69) is 18.8 Å². The maximum Gasteiger partial charge on any atom is 0.320 e. The Morgan fingerprint density at radius 1 is 0.775 bits per heavy atom. The average Bonchev–Trinajstić information content (AvgIpc) is 3.38. The topological polar surface area (TPSA) is 85.7 Å². The molecule has 1 aromatic heterocycles. The molecular formula is C32H51NO5S2. The fourth-order valence-corrected chi connectivity index (χ4v) is 6.97. The van der Waals surface area contributed by atoms with Gasteiger partial charge in [0.2, 0.25) is 0 Å². The number of hydrogen-bond donors (Lipinski definition) is 1. The second-order valence-corrected chi connectivity index (χ2v) is 13.0. The lowest BCUT2D eigenvalue weighted by atomic mass is 10.1. The van der Waals surface area contributed by atoms with Crippen LogP contribution in [-0.2, 0) is 19.1 Å². The van der Waals surface area contributed by atoms with Gasteiger partial charge < -0.3 is 14.6 Å². The number of ether oxygens (including phenoxy) is 2. The van der Waals surface area contributed by atoms with E-state index in [1.165, 1.54) is 87.3 Å². The van der Waals surface area contributed by atoms with Crippen molar-refractivity contribution in [2.24, 2.45) is 5.92 Å². The molecule has 1 N–H and O–H groups in total. The van der Waals surface area contributed by atoms with E-state index in [9.17, 15) is 14.7 Å². The second kappa shape index (κ2) is 22.0. The fraction of sp³-hybridized carbons (Fsp3) is 0.719. The van der Waals surface area contributed by atoms with E-state index < -0.39 is 29.7 Å². The molecule has 0 bridgehead atoms. The Morgan fingerprint density at radius 2 is 1.27 bits per heavy atom. The summed E-state index contributed by atoms with van der Waals surface area (Å²) in [4.78, 5) is 30.8. The number of thiazole rings is 1. The van der Waals surface area contributed by atoms with Gasteiger partial charge in [-0.15, -0.1) is 11.3 Å². The van der Waals surface area contributed by atoms with Crippen LogP contribution >= 0.6 is 23.1 Å². The van der Waals surface area contributed by atoms with Crippen LogP contribution < -0.4 is 0 Å². The van der Waals surface area contributed by atoms with Crippen molar-refractivity contribution in [3.05, 3.63) is 24.3 Å². The summed E-state index contributed by atoms with van der Waals surface area (Å²) < 4.78 is 12.8. The third-order valence-corrected chi connectivity index (χ3v) is 9.52. The van der Waals surface area contributed by atoms with Crippen molar-refractivity contribution in [2.45, 2.75) is 126 Å². The van der Waals surface area contributed by atoms with Crippen LogP contribution in [0.15, 0.2) is 28.6 Å². The Balaban J connectivity index is 1.88. The summed E-state index contributed by atoms with van der Waals surface area (Å²) in [5.74, 6) is -2.04. The number of unbranched alkanes of at least 4 members (excludes halogenated alkanes) is 14. The number of hydrogen-bond acceptors (Lipinski definition) is 8. The van der Waals surface area contributed by atoms with E-state index in [1.807, 2.05) is 24.3 Å². The Morgan fingerprint density at radius 3 is 1.80 bits per heavy atom. The van der Waals surface area contributed by atoms with Gasteiger partial charge in [0.1, 0.15) is 11.2 Å². The van der Waals surface area contributed by atoms with Crippen molar-refractivity contribution >= 4 is 45.3 Å². The Bertz CT molecular complexity index is 917. The molecule has 40 heavy (non-hydrogen) atoms. The van der Waals surface area contributed by atoms with Crippen molar-refractivity contribution in [3.8, 4) is 0 Å². The summed E-state index contributed by atoms with van der Waals surface area (Å²) >= 11 is 2.66. The van der Waals surface area contributed by atoms with Crippen LogP contribution in [0.2, 0.25) is 0 Å². The number of thioether (sulfide) groups is 1. The van der Waals surface area contributed by atoms with E-state index >= 15 is 0 Å². The highest BCUT2D eigenvalue weighted by Crippen LogP contribution is 2.35. The Hall–Kier alpha value is -1.64. The molecule has 8 heteroatoms. The van der Waals surface area contributed by atoms with Crippen LogP contribution in [0.4, 0.5) is 0 Å². The van der Waals surface area contributed by atoms with Gasteiger partial charge in [-0.1, -0.05) is 128 Å². The minimum atomic E-state index is -1.00. The normalized spacial score (nSPS) is 12.9. The van der Waals surface area contributed by atoms with Crippen LogP contribution in [0.1, 0.15) is 117 Å². The summed E-state index contributed by atoms with van der Waals surface area (Å²) in [6, 6.07) is 7.77. The molecule has 0 aliphatic rings. The van der Waals surface area contributed by atoms with Crippen molar-refractivity contribution in [2.75, 3.05) is 19.8 Å². The number of para-hydroxylation sites is 1. The molecule has 0 saturated carbocycles. The molecule has 226 valence electrons. The molecule has 0 radical (unpaired) electrons. The minimum absolute atomic E-state index is 0.302. The maximum absolute atomic E-state index is 13.2. The van der Waals surface area contributed by atoms with E-state index in [0.717, 1.165) is 48.7 Å². The smallest absolute Gasteiger partial charge is 0.320 e. The summed E-state index contributed by atoms with van der Waals surface area (Å²) in [6.07, 6.45) is 18.4. The van der Waals surface area contributed by atoms with Crippen LogP contribution in [0.3, 0.4) is 0 Å². The fourth-order valence-electron chi connectivity index (χ4n) is 4.61. The first kappa shape index (κ1) is 34.6. The number of aliphatic hydroxyl groups is 1. The van der Waals surface area contributed by atoms with E-state index in [1.54, 1.807) is 0 Å². The molecule has 0 saturated heterocycles. The number of aliphatic hydroxyl groups excluding tert-OH is 1. The number of fused-ring (bicyclic) bond motifs is 1. The van der Waals surface area contributed by atoms with Crippen LogP contribution in [0, 0.1) is 5.92 Å². The lowest BCUT2D eigenvalue weighted by molar-refractivity contribution is -0.156. The highest BCUT2D eigenvalue weighted by atomic mass is 32.2. The molecular weight excluding hydrogens is 542 g/mol. The summed E-state index contributed by atoms with van der Waals surface area (Å²) in [5, 5.41) is 9.26. The highest BCUT2D eigenvalue weighted by molar-refractivity contribution is 8.02. The molecule has 1 aromatic carbocycles. The Labute approximate surface area is 250 Å². The summed E-state index contributed by atoms with van der Waals surface area (Å²) in [5.41, 5.74) is 0.846. The number of carbonyl (C=O) groups excluding carboxylic acids is 2. The predicted molar refractivity (Wildman–Crippen MR) is 167 cm³/mol. The molecule has 1 heterocycles. The SMILES string of the molecule is CCCCCCCCCCOC(=O)C(CO)C(Sc1nc2ccccc2s1)C(=O)OCCCCCCCCCC. The quantitative estimate of drug-likeness (QED) is 0.0740. The minimum Gasteiger partial charge on any atom is -0.465 e. The lowest BCUT2D eigenvalue weighted by Crippen LogP contribution is -2.37. The van der Waals surface area contributed by atoms with Crippen molar-refractivity contribution < 1.29 is 24.2 Å². The third-order valence-electron chi connectivity index (χ3n) is 7.08. The van der Waals surface area contributed by atoms with E-state index in [0.29, 0.717) is 17.6 Å². The predicted octanol–water partition coefficient (Wildman–Crippen LogP) is 8.73. The first-order chi connectivity index (χ1) is 19.6. The first-order valence-corrected chi connectivity index (χ1v) is 17.3. The zero-order valence-electron chi connectivity index (χ0n) is 24.7. The molecule has 2 aromatic rings. The van der Waals surface area contributed by atoms with Gasteiger partial charge in [-0.2, -0.15) is 0 Å². The Kier molecular flexibility index (Phi) is 19.0. The second-order valence-electron chi connectivity index (χ2n) is 10.6. The van der Waals surface area contributed by atoms with Crippen LogP contribution in [0.5, 0.6) is 0 Å². The summed E-state index contributed by atoms with van der Waals surface area (Å²) in [7, 11) is 0. The number of rotatable bonds is 24. The van der Waals surface area contributed by atoms with Crippen molar-refractivity contribution in [1.29, 1.82) is 0 Å². The zero-order valence-corrected chi connectivity index (χ0v) is 26.4. The van der Waals surface area contributed by atoms with Gasteiger partial charge in [0.25, 0.3) is 0 Å². The largest absolute Gasteiger partial charge is 0.465 e. The lowest BCUT2D eigenvalue weighted by Gasteiger charge is -2.21. The standard InChI is InChI=1S/C32H51NO5S2/c1-3-5-7-9-11-13-15-19-23-37-30(35)26(25-34)29(40-32-33-27-21-17-18-22-28(27)39-32)31(36)38-24-20-16-14-12-10-8-6-4-2/h17-18,21-22,26,29,34H,3-16,19-20,23-25H2,1-2H3. The molecule has 2 rings (SSSR count). The number of esters is 2. The highest BCUT2D eigenvalue weighted by Gasteiger charge is 2.37. The third kappa shape index (κ3) is 13.8. The molecule has 0 amide bonds. The molecule has 2 atom stereocenters. The van der Waals surface area contributed by atoms with Crippen molar-refractivity contribution in [3.63, 3.8) is 0 Å².